The Morgan fingerprint density at radius 1 is 1.22 bits per heavy atom. The molecule has 0 spiro atoms. The molecule has 1 heterocycles. The van der Waals surface area contributed by atoms with Gasteiger partial charge in [0.05, 0.1) is 0 Å². The van der Waals surface area contributed by atoms with Gasteiger partial charge < -0.3 is 15.5 Å². The normalized spacial score (nSPS) is 16.0. The summed E-state index contributed by atoms with van der Waals surface area (Å²) < 4.78 is 0. The van der Waals surface area contributed by atoms with Gasteiger partial charge in [-0.15, -0.1) is 0 Å². The second-order valence-corrected chi connectivity index (χ2v) is 7.66. The summed E-state index contributed by atoms with van der Waals surface area (Å²) in [4.78, 5) is 20.4. The van der Waals surface area contributed by atoms with Gasteiger partial charge in [-0.2, -0.15) is 0 Å². The molecule has 150 valence electrons. The number of hydrogen-bond acceptors (Lipinski definition) is 3. The standard InChI is InChI=1S/C21H35N5O/c1-6-22-21(24-14-20(27)25(4)5)23-13-19(16(2)3)26-12-11-17-9-7-8-10-18(17)15-26/h7-10,16,19H,6,11-15H2,1-5H3,(H2,22,23,24). The first-order valence-electron chi connectivity index (χ1n) is 9.95. The van der Waals surface area contributed by atoms with Gasteiger partial charge in [-0.1, -0.05) is 38.1 Å². The number of nitrogens with zero attached hydrogens (tertiary/aromatic N) is 3. The smallest absolute Gasteiger partial charge is 0.243 e. The molecule has 27 heavy (non-hydrogen) atoms. The highest BCUT2D eigenvalue weighted by molar-refractivity contribution is 5.84. The number of aliphatic imine (C=N–C) groups is 1. The minimum atomic E-state index is 0.000232. The van der Waals surface area contributed by atoms with Gasteiger partial charge in [0.2, 0.25) is 5.91 Å². The van der Waals surface area contributed by atoms with E-state index in [0.717, 1.165) is 32.6 Å². The molecule has 1 aromatic rings. The van der Waals surface area contributed by atoms with Crippen molar-refractivity contribution in [1.29, 1.82) is 0 Å². The van der Waals surface area contributed by atoms with Gasteiger partial charge in [0.25, 0.3) is 0 Å². The fourth-order valence-electron chi connectivity index (χ4n) is 3.42. The van der Waals surface area contributed by atoms with E-state index in [0.29, 0.717) is 17.9 Å². The lowest BCUT2D eigenvalue weighted by Crippen LogP contribution is -2.50. The summed E-state index contributed by atoms with van der Waals surface area (Å²) in [5, 5.41) is 6.68. The molecule has 0 radical (unpaired) electrons. The van der Waals surface area contributed by atoms with Crippen molar-refractivity contribution in [1.82, 2.24) is 20.4 Å². The van der Waals surface area contributed by atoms with Crippen LogP contribution in [0.5, 0.6) is 0 Å². The number of amides is 1. The van der Waals surface area contributed by atoms with Crippen LogP contribution in [-0.4, -0.2) is 68.0 Å². The lowest BCUT2D eigenvalue weighted by molar-refractivity contribution is -0.127. The molecule has 0 saturated carbocycles. The van der Waals surface area contributed by atoms with E-state index in [1.807, 2.05) is 6.92 Å². The molecule has 1 aromatic carbocycles. The summed E-state index contributed by atoms with van der Waals surface area (Å²) in [6, 6.07) is 9.15. The molecule has 1 aliphatic heterocycles. The third-order valence-electron chi connectivity index (χ3n) is 5.09. The molecule has 0 saturated heterocycles. The Morgan fingerprint density at radius 2 is 1.93 bits per heavy atom. The Labute approximate surface area is 164 Å². The van der Waals surface area contributed by atoms with Crippen molar-refractivity contribution in [2.24, 2.45) is 10.9 Å². The summed E-state index contributed by atoms with van der Waals surface area (Å²) in [5.41, 5.74) is 2.91. The van der Waals surface area contributed by atoms with Crippen molar-refractivity contribution in [2.75, 3.05) is 40.3 Å². The highest BCUT2D eigenvalue weighted by atomic mass is 16.2. The Balaban J connectivity index is 2.00. The average molecular weight is 374 g/mol. The molecule has 6 heteroatoms. The van der Waals surface area contributed by atoms with Crippen molar-refractivity contribution >= 4 is 11.9 Å². The summed E-state index contributed by atoms with van der Waals surface area (Å²) in [6.45, 7) is 10.4. The van der Waals surface area contributed by atoms with Crippen LogP contribution in [0.15, 0.2) is 29.3 Å². The molecule has 0 aliphatic carbocycles. The van der Waals surface area contributed by atoms with E-state index < -0.39 is 0 Å². The maximum absolute atomic E-state index is 11.8. The van der Waals surface area contributed by atoms with E-state index in [4.69, 9.17) is 0 Å². The summed E-state index contributed by atoms with van der Waals surface area (Å²) >= 11 is 0. The minimum Gasteiger partial charge on any atom is -0.357 e. The number of likely N-dealkylation sites (N-methyl/N-ethyl adjacent to an activating group) is 1. The number of benzene rings is 1. The van der Waals surface area contributed by atoms with E-state index >= 15 is 0 Å². The maximum Gasteiger partial charge on any atom is 0.243 e. The van der Waals surface area contributed by atoms with Crippen LogP contribution >= 0.6 is 0 Å². The number of carbonyl (C=O) groups is 1. The maximum atomic E-state index is 11.8. The van der Waals surface area contributed by atoms with E-state index in [1.165, 1.54) is 11.1 Å². The first-order chi connectivity index (χ1) is 12.9. The van der Waals surface area contributed by atoms with Gasteiger partial charge >= 0.3 is 0 Å². The van der Waals surface area contributed by atoms with Crippen LogP contribution in [0.25, 0.3) is 0 Å². The quantitative estimate of drug-likeness (QED) is 0.564. The first kappa shape index (κ1) is 21.2. The fourth-order valence-corrected chi connectivity index (χ4v) is 3.42. The van der Waals surface area contributed by atoms with Crippen LogP contribution in [0.3, 0.4) is 0 Å². The Kier molecular flexibility index (Phi) is 8.10. The van der Waals surface area contributed by atoms with Crippen molar-refractivity contribution in [3.63, 3.8) is 0 Å². The van der Waals surface area contributed by atoms with E-state index in [2.05, 4.69) is 58.6 Å². The number of guanidine groups is 1. The number of carbonyl (C=O) groups excluding carboxylic acids is 1. The predicted octanol–water partition coefficient (Wildman–Crippen LogP) is 1.71. The van der Waals surface area contributed by atoms with Crippen LogP contribution < -0.4 is 10.6 Å². The predicted molar refractivity (Wildman–Crippen MR) is 112 cm³/mol. The number of hydrogen-bond donors (Lipinski definition) is 2. The largest absolute Gasteiger partial charge is 0.357 e. The van der Waals surface area contributed by atoms with Gasteiger partial charge in [-0.3, -0.25) is 9.69 Å². The van der Waals surface area contributed by atoms with Crippen LogP contribution in [0.2, 0.25) is 0 Å². The average Bonchev–Trinajstić information content (AvgIpc) is 2.65. The second-order valence-electron chi connectivity index (χ2n) is 7.66. The summed E-state index contributed by atoms with van der Waals surface area (Å²) in [5.74, 6) is 1.23. The number of rotatable bonds is 7. The third-order valence-corrected chi connectivity index (χ3v) is 5.09. The molecule has 6 nitrogen and oxygen atoms in total. The van der Waals surface area contributed by atoms with Crippen molar-refractivity contribution < 1.29 is 4.79 Å². The molecule has 2 N–H and O–H groups in total. The monoisotopic (exact) mass is 373 g/mol. The third kappa shape index (κ3) is 6.24. The molecule has 0 bridgehead atoms. The van der Waals surface area contributed by atoms with Gasteiger partial charge in [0, 0.05) is 46.3 Å². The van der Waals surface area contributed by atoms with Crippen LogP contribution in [0, 0.1) is 5.92 Å². The lowest BCUT2D eigenvalue weighted by Gasteiger charge is -2.38. The summed E-state index contributed by atoms with van der Waals surface area (Å²) in [6.07, 6.45) is 1.10. The van der Waals surface area contributed by atoms with Gasteiger partial charge in [0.15, 0.2) is 5.96 Å². The number of nitrogens with one attached hydrogen (secondary N) is 2. The molecule has 0 fully saturated rings. The molecule has 1 amide bonds. The van der Waals surface area contributed by atoms with Gasteiger partial charge in [-0.25, -0.2) is 4.99 Å². The van der Waals surface area contributed by atoms with Crippen molar-refractivity contribution in [3.8, 4) is 0 Å². The molecule has 1 atom stereocenters. The van der Waals surface area contributed by atoms with E-state index in [-0.39, 0.29) is 12.5 Å². The first-order valence-corrected chi connectivity index (χ1v) is 9.95. The SMILES string of the molecule is CCNC(=NCC(=O)N(C)C)NCC(C(C)C)N1CCc2ccccc2C1. The van der Waals surface area contributed by atoms with Gasteiger partial charge in [-0.05, 0) is 30.4 Å². The topological polar surface area (TPSA) is 60.0 Å². The van der Waals surface area contributed by atoms with Crippen molar-refractivity contribution in [2.45, 2.75) is 39.8 Å². The molecular weight excluding hydrogens is 338 g/mol. The fraction of sp³-hybridized carbons (Fsp3) is 0.619. The van der Waals surface area contributed by atoms with Crippen LogP contribution in [0.1, 0.15) is 31.9 Å². The zero-order chi connectivity index (χ0) is 19.8. The Bertz CT molecular complexity index is 641. The molecular formula is C21H35N5O. The molecule has 1 unspecified atom stereocenters. The Morgan fingerprint density at radius 3 is 2.56 bits per heavy atom. The van der Waals surface area contributed by atoms with Crippen molar-refractivity contribution in [3.05, 3.63) is 35.4 Å². The van der Waals surface area contributed by atoms with Crippen LogP contribution in [-0.2, 0) is 17.8 Å². The van der Waals surface area contributed by atoms with Crippen LogP contribution in [0.4, 0.5) is 0 Å². The number of fused-ring (bicyclic) bond motifs is 1. The zero-order valence-electron chi connectivity index (χ0n) is 17.5. The molecule has 2 rings (SSSR count). The second kappa shape index (κ2) is 10.3. The molecule has 1 aliphatic rings. The van der Waals surface area contributed by atoms with Gasteiger partial charge in [0.1, 0.15) is 6.54 Å². The zero-order valence-corrected chi connectivity index (χ0v) is 17.5. The summed E-state index contributed by atoms with van der Waals surface area (Å²) in [7, 11) is 3.50. The minimum absolute atomic E-state index is 0.000232. The highest BCUT2D eigenvalue weighted by Gasteiger charge is 2.25. The van der Waals surface area contributed by atoms with E-state index in [1.54, 1.807) is 19.0 Å². The Hall–Kier alpha value is -2.08. The highest BCUT2D eigenvalue weighted by Crippen LogP contribution is 2.22. The lowest BCUT2D eigenvalue weighted by atomic mass is 9.95. The van der Waals surface area contributed by atoms with E-state index in [9.17, 15) is 4.79 Å². The molecule has 0 aromatic heterocycles.